The number of hydrogen-bond donors (Lipinski definition) is 3. The molecule has 3 aromatic carbocycles. The monoisotopic (exact) mass is 478 g/mol. The lowest BCUT2D eigenvalue weighted by molar-refractivity contribution is 0.0939. The van der Waals surface area contributed by atoms with Crippen LogP contribution in [0.1, 0.15) is 66.4 Å². The molecular formula is C27H30N2O4S. The highest BCUT2D eigenvalue weighted by Crippen LogP contribution is 2.40. The second-order valence-corrected chi connectivity index (χ2v) is 10.7. The predicted octanol–water partition coefficient (Wildman–Crippen LogP) is 5.48. The topological polar surface area (TPSA) is 95.5 Å². The van der Waals surface area contributed by atoms with Crippen molar-refractivity contribution >= 4 is 27.2 Å². The van der Waals surface area contributed by atoms with E-state index in [1.165, 1.54) is 12.1 Å². The summed E-state index contributed by atoms with van der Waals surface area (Å²) in [6.07, 6.45) is 0.327. The smallest absolute Gasteiger partial charge is 0.261 e. The van der Waals surface area contributed by atoms with Gasteiger partial charge in [0, 0.05) is 34.8 Å². The predicted molar refractivity (Wildman–Crippen MR) is 135 cm³/mol. The van der Waals surface area contributed by atoms with Crippen molar-refractivity contribution in [2.24, 2.45) is 5.92 Å². The second kappa shape index (κ2) is 9.60. The summed E-state index contributed by atoms with van der Waals surface area (Å²) in [7, 11) is -3.81. The van der Waals surface area contributed by atoms with Gasteiger partial charge < -0.3 is 10.4 Å². The Labute approximate surface area is 201 Å². The number of hydrogen-bond acceptors (Lipinski definition) is 5. The van der Waals surface area contributed by atoms with E-state index in [4.69, 9.17) is 0 Å². The molecule has 2 atom stereocenters. The number of rotatable bonds is 7. The maximum atomic E-state index is 13.0. The van der Waals surface area contributed by atoms with Crippen LogP contribution in [-0.4, -0.2) is 19.3 Å². The van der Waals surface area contributed by atoms with E-state index in [0.717, 1.165) is 17.5 Å². The molecule has 6 nitrogen and oxygen atoms in total. The van der Waals surface area contributed by atoms with Crippen LogP contribution in [0.4, 0.5) is 11.4 Å². The van der Waals surface area contributed by atoms with Crippen molar-refractivity contribution in [2.75, 3.05) is 10.0 Å². The molecule has 178 valence electrons. The number of anilines is 2. The minimum Gasteiger partial charge on any atom is -0.388 e. The van der Waals surface area contributed by atoms with Gasteiger partial charge in [-0.05, 0) is 53.9 Å². The summed E-state index contributed by atoms with van der Waals surface area (Å²) in [6.45, 7) is 5.75. The molecule has 0 saturated heterocycles. The highest BCUT2D eigenvalue weighted by Gasteiger charge is 2.28. The van der Waals surface area contributed by atoms with Gasteiger partial charge in [0.25, 0.3) is 10.0 Å². The molecule has 1 aliphatic heterocycles. The number of nitrogens with one attached hydrogen (secondary N) is 2. The molecule has 4 rings (SSSR count). The van der Waals surface area contributed by atoms with Gasteiger partial charge in [0.2, 0.25) is 0 Å². The number of sulfonamides is 1. The van der Waals surface area contributed by atoms with Gasteiger partial charge in [0.15, 0.2) is 5.78 Å². The van der Waals surface area contributed by atoms with Crippen molar-refractivity contribution < 1.29 is 18.3 Å². The number of carbonyl (C=O) groups excluding carboxylic acids is 1. The van der Waals surface area contributed by atoms with Crippen LogP contribution in [0.15, 0.2) is 71.6 Å². The van der Waals surface area contributed by atoms with Crippen molar-refractivity contribution in [3.05, 3.63) is 89.0 Å². The summed E-state index contributed by atoms with van der Waals surface area (Å²) in [4.78, 5) is 12.5. The van der Waals surface area contributed by atoms with Gasteiger partial charge in [-0.2, -0.15) is 0 Å². The first-order valence-electron chi connectivity index (χ1n) is 11.5. The molecule has 0 saturated carbocycles. The third kappa shape index (κ3) is 5.00. The van der Waals surface area contributed by atoms with E-state index in [0.29, 0.717) is 28.9 Å². The van der Waals surface area contributed by atoms with E-state index < -0.39 is 16.1 Å². The molecule has 3 N–H and O–H groups in total. The number of aryl methyl sites for hydroxylation is 1. The molecule has 0 fully saturated rings. The SMILES string of the molecule is CCc1cccc(NS(=O)(=O)c2ccc3c(c2)[C@@H](O)CC(c2cccc(C(=O)C(C)C)c2)N3)c1. The Morgan fingerprint density at radius 2 is 1.85 bits per heavy atom. The fraction of sp³-hybridized carbons (Fsp3) is 0.296. The zero-order chi connectivity index (χ0) is 24.5. The Hall–Kier alpha value is -3.16. The van der Waals surface area contributed by atoms with Crippen molar-refractivity contribution in [2.45, 2.75) is 50.7 Å². The summed E-state index contributed by atoms with van der Waals surface area (Å²) in [6, 6.07) is 19.3. The van der Waals surface area contributed by atoms with E-state index in [9.17, 15) is 18.3 Å². The number of fused-ring (bicyclic) bond motifs is 1. The third-order valence-electron chi connectivity index (χ3n) is 6.17. The van der Waals surface area contributed by atoms with E-state index in [-0.39, 0.29) is 22.6 Å². The normalized spacial score (nSPS) is 17.7. The molecule has 1 aliphatic rings. The van der Waals surface area contributed by atoms with Crippen LogP contribution >= 0.6 is 0 Å². The fourth-order valence-electron chi connectivity index (χ4n) is 4.24. The maximum Gasteiger partial charge on any atom is 0.261 e. The molecule has 0 amide bonds. The maximum absolute atomic E-state index is 13.0. The van der Waals surface area contributed by atoms with E-state index in [2.05, 4.69) is 10.0 Å². The number of benzene rings is 3. The first-order chi connectivity index (χ1) is 16.2. The Balaban J connectivity index is 1.58. The van der Waals surface area contributed by atoms with Gasteiger partial charge in [-0.1, -0.05) is 51.1 Å². The van der Waals surface area contributed by atoms with Crippen LogP contribution in [0.25, 0.3) is 0 Å². The zero-order valence-electron chi connectivity index (χ0n) is 19.6. The summed E-state index contributed by atoms with van der Waals surface area (Å²) in [5.74, 6) is -0.0234. The molecule has 0 aromatic heterocycles. The molecule has 0 radical (unpaired) electrons. The van der Waals surface area contributed by atoms with Crippen LogP contribution in [0.5, 0.6) is 0 Å². The average molecular weight is 479 g/mol. The third-order valence-corrected chi connectivity index (χ3v) is 7.55. The molecule has 1 unspecified atom stereocenters. The van der Waals surface area contributed by atoms with Crippen molar-refractivity contribution in [1.82, 2.24) is 0 Å². The summed E-state index contributed by atoms with van der Waals surface area (Å²) in [5, 5.41) is 14.3. The van der Waals surface area contributed by atoms with Crippen LogP contribution in [0.2, 0.25) is 0 Å². The van der Waals surface area contributed by atoms with E-state index in [1.54, 1.807) is 18.2 Å². The van der Waals surface area contributed by atoms with Gasteiger partial charge in [-0.3, -0.25) is 9.52 Å². The molecule has 0 spiro atoms. The number of Topliss-reactive ketones (excluding diaryl/α,β-unsaturated/α-hetero) is 1. The van der Waals surface area contributed by atoms with Crippen LogP contribution < -0.4 is 10.0 Å². The molecule has 34 heavy (non-hydrogen) atoms. The van der Waals surface area contributed by atoms with Gasteiger partial charge >= 0.3 is 0 Å². The lowest BCUT2D eigenvalue weighted by Crippen LogP contribution is -2.23. The molecule has 1 heterocycles. The van der Waals surface area contributed by atoms with Crippen molar-refractivity contribution in [1.29, 1.82) is 0 Å². The van der Waals surface area contributed by atoms with Crippen LogP contribution in [0.3, 0.4) is 0 Å². The van der Waals surface area contributed by atoms with Gasteiger partial charge in [0.05, 0.1) is 17.0 Å². The zero-order valence-corrected chi connectivity index (χ0v) is 20.4. The molecule has 0 bridgehead atoms. The highest BCUT2D eigenvalue weighted by molar-refractivity contribution is 7.92. The summed E-state index contributed by atoms with van der Waals surface area (Å²) >= 11 is 0. The van der Waals surface area contributed by atoms with Crippen molar-refractivity contribution in [3.63, 3.8) is 0 Å². The number of carbonyl (C=O) groups is 1. The first-order valence-corrected chi connectivity index (χ1v) is 13.0. The Morgan fingerprint density at radius 3 is 2.59 bits per heavy atom. The lowest BCUT2D eigenvalue weighted by Gasteiger charge is -2.31. The first kappa shape index (κ1) is 24.0. The lowest BCUT2D eigenvalue weighted by atomic mass is 9.89. The summed E-state index contributed by atoms with van der Waals surface area (Å²) < 4.78 is 28.6. The largest absolute Gasteiger partial charge is 0.388 e. The minimum atomic E-state index is -3.81. The van der Waals surface area contributed by atoms with Crippen LogP contribution in [0, 0.1) is 5.92 Å². The fourth-order valence-corrected chi connectivity index (χ4v) is 5.33. The standard InChI is InChI=1S/C27H30N2O4S/c1-4-18-7-5-10-21(13-18)29-34(32,33)22-11-12-24-23(15-22)26(30)16-25(28-24)19-8-6-9-20(14-19)27(31)17(2)3/h5-15,17,25-26,28-30H,4,16H2,1-3H3/t25?,26-/m0/s1. The highest BCUT2D eigenvalue weighted by atomic mass is 32.2. The quantitative estimate of drug-likeness (QED) is 0.391. The minimum absolute atomic E-state index is 0.0745. The van der Waals surface area contributed by atoms with Crippen molar-refractivity contribution in [3.8, 4) is 0 Å². The van der Waals surface area contributed by atoms with Gasteiger partial charge in [0.1, 0.15) is 0 Å². The Bertz CT molecular complexity index is 1320. The number of aliphatic hydroxyl groups is 1. The van der Waals surface area contributed by atoms with Gasteiger partial charge in [-0.15, -0.1) is 0 Å². The second-order valence-electron chi connectivity index (χ2n) is 9.00. The summed E-state index contributed by atoms with van der Waals surface area (Å²) in [5.41, 5.74) is 4.31. The Morgan fingerprint density at radius 1 is 1.09 bits per heavy atom. The number of ketones is 1. The molecule has 7 heteroatoms. The van der Waals surface area contributed by atoms with Crippen LogP contribution in [-0.2, 0) is 16.4 Å². The van der Waals surface area contributed by atoms with Gasteiger partial charge in [-0.25, -0.2) is 8.42 Å². The molecule has 3 aromatic rings. The Kier molecular flexibility index (Phi) is 6.77. The van der Waals surface area contributed by atoms with E-state index in [1.807, 2.05) is 57.2 Å². The number of aliphatic hydroxyl groups excluding tert-OH is 1. The average Bonchev–Trinajstić information content (AvgIpc) is 2.83. The molecule has 0 aliphatic carbocycles. The van der Waals surface area contributed by atoms with E-state index >= 15 is 0 Å². The molecular weight excluding hydrogens is 448 g/mol.